The van der Waals surface area contributed by atoms with E-state index in [-0.39, 0.29) is 17.9 Å². The molecule has 1 aliphatic rings. The van der Waals surface area contributed by atoms with Gasteiger partial charge in [-0.05, 0) is 12.0 Å². The zero-order valence-corrected chi connectivity index (χ0v) is 16.7. The Labute approximate surface area is 166 Å². The van der Waals surface area contributed by atoms with Crippen molar-refractivity contribution in [1.82, 2.24) is 19.8 Å². The minimum atomic E-state index is -0.182. The van der Waals surface area contributed by atoms with Crippen LogP contribution in [0.15, 0.2) is 42.7 Å². The van der Waals surface area contributed by atoms with Gasteiger partial charge >= 0.3 is 0 Å². The van der Waals surface area contributed by atoms with Crippen molar-refractivity contribution < 1.29 is 9.59 Å². The van der Waals surface area contributed by atoms with E-state index in [9.17, 15) is 9.59 Å². The largest absolute Gasteiger partial charge is 0.353 e. The van der Waals surface area contributed by atoms with Gasteiger partial charge in [-0.15, -0.1) is 0 Å². The molecule has 0 saturated carbocycles. The van der Waals surface area contributed by atoms with Gasteiger partial charge < -0.3 is 14.7 Å². The molecule has 0 bridgehead atoms. The highest BCUT2D eigenvalue weighted by Gasteiger charge is 2.29. The molecule has 148 valence electrons. The highest BCUT2D eigenvalue weighted by atomic mass is 16.2. The number of hydrogen-bond donors (Lipinski definition) is 0. The minimum absolute atomic E-state index is 0.0743. The Morgan fingerprint density at radius 2 is 1.96 bits per heavy atom. The predicted molar refractivity (Wildman–Crippen MR) is 108 cm³/mol. The molecule has 1 fully saturated rings. The van der Waals surface area contributed by atoms with E-state index < -0.39 is 0 Å². The molecule has 2 heterocycles. The summed E-state index contributed by atoms with van der Waals surface area (Å²) < 4.78 is 0. The molecule has 1 aromatic carbocycles. The van der Waals surface area contributed by atoms with Crippen molar-refractivity contribution in [3.05, 3.63) is 54.0 Å². The lowest BCUT2D eigenvalue weighted by Crippen LogP contribution is -2.42. The van der Waals surface area contributed by atoms with E-state index in [4.69, 9.17) is 0 Å². The van der Waals surface area contributed by atoms with E-state index in [1.54, 1.807) is 20.3 Å². The summed E-state index contributed by atoms with van der Waals surface area (Å²) in [7, 11) is 3.38. The molecule has 1 aliphatic heterocycles. The molecule has 0 spiro atoms. The van der Waals surface area contributed by atoms with Crippen LogP contribution in [0.25, 0.3) is 0 Å². The molecule has 0 radical (unpaired) electrons. The van der Waals surface area contributed by atoms with Gasteiger partial charge in [0.15, 0.2) is 0 Å². The Morgan fingerprint density at radius 1 is 1.21 bits per heavy atom. The van der Waals surface area contributed by atoms with Crippen LogP contribution in [0.3, 0.4) is 0 Å². The number of hydrogen-bond acceptors (Lipinski definition) is 5. The molecule has 3 rings (SSSR count). The number of rotatable bonds is 5. The van der Waals surface area contributed by atoms with Crippen molar-refractivity contribution in [3.63, 3.8) is 0 Å². The Balaban J connectivity index is 1.81. The van der Waals surface area contributed by atoms with Gasteiger partial charge in [0.25, 0.3) is 5.91 Å². The highest BCUT2D eigenvalue weighted by molar-refractivity contribution is 5.92. The molecule has 7 nitrogen and oxygen atoms in total. The first kappa shape index (κ1) is 19.8. The van der Waals surface area contributed by atoms with Crippen LogP contribution in [0, 0.1) is 0 Å². The number of carbonyl (C=O) groups is 2. The van der Waals surface area contributed by atoms with Crippen LogP contribution in [0.1, 0.15) is 35.8 Å². The topological polar surface area (TPSA) is 69.6 Å². The molecular weight excluding hydrogens is 354 g/mol. The third-order valence-electron chi connectivity index (χ3n) is 5.03. The van der Waals surface area contributed by atoms with Gasteiger partial charge in [0.05, 0.1) is 12.4 Å². The number of nitrogens with zero attached hydrogens (tertiary/aromatic N) is 5. The summed E-state index contributed by atoms with van der Waals surface area (Å²) in [6.07, 6.45) is 4.40. The molecule has 2 aromatic rings. The summed E-state index contributed by atoms with van der Waals surface area (Å²) >= 11 is 0. The lowest BCUT2D eigenvalue weighted by Gasteiger charge is -2.31. The summed E-state index contributed by atoms with van der Waals surface area (Å²) in [5.41, 5.74) is 1.44. The minimum Gasteiger partial charge on any atom is -0.353 e. The fourth-order valence-corrected chi connectivity index (χ4v) is 3.42. The van der Waals surface area contributed by atoms with Gasteiger partial charge in [-0.25, -0.2) is 4.98 Å². The second-order valence-corrected chi connectivity index (χ2v) is 7.23. The average molecular weight is 381 g/mol. The summed E-state index contributed by atoms with van der Waals surface area (Å²) in [6, 6.07) is 10.1. The van der Waals surface area contributed by atoms with Crippen LogP contribution in [-0.2, 0) is 11.3 Å². The normalized spacial score (nSPS) is 17.4. The van der Waals surface area contributed by atoms with Crippen molar-refractivity contribution in [3.8, 4) is 0 Å². The maximum atomic E-state index is 12.8. The smallest absolute Gasteiger partial charge is 0.273 e. The van der Waals surface area contributed by atoms with Crippen molar-refractivity contribution in [1.29, 1.82) is 0 Å². The predicted octanol–water partition coefficient (Wildman–Crippen LogP) is 2.20. The maximum Gasteiger partial charge on any atom is 0.273 e. The van der Waals surface area contributed by atoms with E-state index in [0.29, 0.717) is 37.6 Å². The highest BCUT2D eigenvalue weighted by Crippen LogP contribution is 2.21. The van der Waals surface area contributed by atoms with Crippen LogP contribution < -0.4 is 4.90 Å². The third kappa shape index (κ3) is 4.47. The number of aromatic nitrogens is 2. The first-order valence-corrected chi connectivity index (χ1v) is 9.61. The van der Waals surface area contributed by atoms with Crippen molar-refractivity contribution in [2.45, 2.75) is 32.4 Å². The standard InChI is InChI=1S/C21H27N5O2/c1-4-17-15-25(19-13-22-12-18(23-19)21(28)24(2)3)11-10-20(27)26(17)14-16-8-6-5-7-9-16/h5-9,12-13,17H,4,10-11,14-15H2,1-3H3. The van der Waals surface area contributed by atoms with Gasteiger partial charge in [0.1, 0.15) is 11.5 Å². The summed E-state index contributed by atoms with van der Waals surface area (Å²) in [5.74, 6) is 0.602. The lowest BCUT2D eigenvalue weighted by molar-refractivity contribution is -0.133. The fraction of sp³-hybridized carbons (Fsp3) is 0.429. The Hall–Kier alpha value is -2.96. The van der Waals surface area contributed by atoms with Crippen molar-refractivity contribution in [2.75, 3.05) is 32.1 Å². The third-order valence-corrected chi connectivity index (χ3v) is 5.03. The van der Waals surface area contributed by atoms with Crippen LogP contribution in [-0.4, -0.2) is 64.8 Å². The Kier molecular flexibility index (Phi) is 6.23. The zero-order valence-electron chi connectivity index (χ0n) is 16.7. The molecular formula is C21H27N5O2. The monoisotopic (exact) mass is 381 g/mol. The summed E-state index contributed by atoms with van der Waals surface area (Å²) in [4.78, 5) is 39.3. The molecule has 0 N–H and O–H groups in total. The Morgan fingerprint density at radius 3 is 2.64 bits per heavy atom. The van der Waals surface area contributed by atoms with Gasteiger partial charge in [-0.3, -0.25) is 14.6 Å². The molecule has 28 heavy (non-hydrogen) atoms. The van der Waals surface area contributed by atoms with Gasteiger partial charge in [-0.2, -0.15) is 0 Å². The molecule has 1 atom stereocenters. The fourth-order valence-electron chi connectivity index (χ4n) is 3.42. The molecule has 2 amide bonds. The van der Waals surface area contributed by atoms with Crippen LogP contribution in [0.2, 0.25) is 0 Å². The van der Waals surface area contributed by atoms with Crippen LogP contribution in [0.4, 0.5) is 5.82 Å². The van der Waals surface area contributed by atoms with Gasteiger partial charge in [-0.1, -0.05) is 37.3 Å². The van der Waals surface area contributed by atoms with Crippen molar-refractivity contribution in [2.24, 2.45) is 0 Å². The second kappa shape index (κ2) is 8.82. The first-order valence-electron chi connectivity index (χ1n) is 9.61. The van der Waals surface area contributed by atoms with Crippen molar-refractivity contribution >= 4 is 17.6 Å². The number of benzene rings is 1. The molecule has 0 aliphatic carbocycles. The van der Waals surface area contributed by atoms with E-state index in [1.807, 2.05) is 35.2 Å². The number of amides is 2. The van der Waals surface area contributed by atoms with E-state index in [1.165, 1.54) is 11.1 Å². The van der Waals surface area contributed by atoms with Crippen LogP contribution >= 0.6 is 0 Å². The van der Waals surface area contributed by atoms with Gasteiger partial charge in [0, 0.05) is 46.2 Å². The Bertz CT molecular complexity index is 825. The van der Waals surface area contributed by atoms with E-state index in [0.717, 1.165) is 12.0 Å². The quantitative estimate of drug-likeness (QED) is 0.794. The molecule has 1 unspecified atom stereocenters. The number of anilines is 1. The van der Waals surface area contributed by atoms with E-state index in [2.05, 4.69) is 21.8 Å². The molecule has 1 saturated heterocycles. The second-order valence-electron chi connectivity index (χ2n) is 7.23. The van der Waals surface area contributed by atoms with E-state index >= 15 is 0 Å². The summed E-state index contributed by atoms with van der Waals surface area (Å²) in [6.45, 7) is 3.94. The SMILES string of the molecule is CCC1CN(c2cncc(C(=O)N(C)C)n2)CCC(=O)N1Cc1ccccc1. The van der Waals surface area contributed by atoms with Gasteiger partial charge in [0.2, 0.25) is 5.91 Å². The summed E-state index contributed by atoms with van der Waals surface area (Å²) in [5, 5.41) is 0. The zero-order chi connectivity index (χ0) is 20.1. The maximum absolute atomic E-state index is 12.8. The molecule has 7 heteroatoms. The average Bonchev–Trinajstić information content (AvgIpc) is 2.87. The lowest BCUT2D eigenvalue weighted by atomic mass is 10.1. The number of carbonyl (C=O) groups excluding carboxylic acids is 2. The molecule has 1 aromatic heterocycles. The first-order chi connectivity index (χ1) is 13.5. The van der Waals surface area contributed by atoms with Crippen LogP contribution in [0.5, 0.6) is 0 Å².